The zero-order chi connectivity index (χ0) is 14.4. The minimum absolute atomic E-state index is 0.0604. The molecule has 0 aliphatic heterocycles. The van der Waals surface area contributed by atoms with E-state index < -0.39 is 0 Å². The molecule has 1 unspecified atom stereocenters. The van der Waals surface area contributed by atoms with Crippen molar-refractivity contribution in [1.82, 2.24) is 5.32 Å². The first kappa shape index (κ1) is 15.8. The van der Waals surface area contributed by atoms with Gasteiger partial charge in [0.2, 0.25) is 11.8 Å². The second-order valence-electron chi connectivity index (χ2n) is 4.23. The summed E-state index contributed by atoms with van der Waals surface area (Å²) in [4.78, 5) is 23.2. The van der Waals surface area contributed by atoms with Crippen molar-refractivity contribution in [1.29, 1.82) is 0 Å². The molecule has 0 bridgehead atoms. The predicted octanol–water partition coefficient (Wildman–Crippen LogP) is 3.24. The second-order valence-corrected chi connectivity index (χ2v) is 5.05. The molecule has 0 heterocycles. The Hall–Kier alpha value is -1.26. The van der Waals surface area contributed by atoms with Crippen LogP contribution in [0.1, 0.15) is 26.7 Å². The van der Waals surface area contributed by atoms with Crippen LogP contribution in [0.4, 0.5) is 5.69 Å². The van der Waals surface area contributed by atoms with Gasteiger partial charge in [0.25, 0.3) is 0 Å². The van der Waals surface area contributed by atoms with E-state index in [9.17, 15) is 9.59 Å². The molecule has 104 valence electrons. The van der Waals surface area contributed by atoms with Gasteiger partial charge in [0.15, 0.2) is 0 Å². The maximum atomic E-state index is 11.6. The number of anilines is 1. The van der Waals surface area contributed by atoms with Gasteiger partial charge in [0, 0.05) is 11.7 Å². The van der Waals surface area contributed by atoms with E-state index in [1.54, 1.807) is 12.1 Å². The fourth-order valence-electron chi connectivity index (χ4n) is 1.35. The first-order valence-corrected chi connectivity index (χ1v) is 6.72. The normalized spacial score (nSPS) is 11.8. The fourth-order valence-corrected chi connectivity index (χ4v) is 1.65. The lowest BCUT2D eigenvalue weighted by Crippen LogP contribution is -2.34. The van der Waals surface area contributed by atoms with Gasteiger partial charge >= 0.3 is 0 Å². The van der Waals surface area contributed by atoms with Crippen LogP contribution in [0.25, 0.3) is 0 Å². The van der Waals surface area contributed by atoms with Gasteiger partial charge in [-0.05, 0) is 31.5 Å². The largest absolute Gasteiger partial charge is 0.353 e. The van der Waals surface area contributed by atoms with Crippen molar-refractivity contribution in [3.63, 3.8) is 0 Å². The number of nitrogens with one attached hydrogen (secondary N) is 2. The van der Waals surface area contributed by atoms with Crippen LogP contribution in [-0.2, 0) is 9.59 Å². The molecule has 0 spiro atoms. The fraction of sp³-hybridized carbons (Fsp3) is 0.385. The van der Waals surface area contributed by atoms with Crippen molar-refractivity contribution < 1.29 is 9.59 Å². The monoisotopic (exact) mass is 302 g/mol. The molecular formula is C13H16Cl2N2O2. The zero-order valence-electron chi connectivity index (χ0n) is 10.8. The Morgan fingerprint density at radius 3 is 2.47 bits per heavy atom. The Balaban J connectivity index is 2.51. The van der Waals surface area contributed by atoms with Crippen molar-refractivity contribution in [2.45, 2.75) is 32.7 Å². The summed E-state index contributed by atoms with van der Waals surface area (Å²) in [6, 6.07) is 4.80. The summed E-state index contributed by atoms with van der Waals surface area (Å²) in [5.41, 5.74) is 0.510. The summed E-state index contributed by atoms with van der Waals surface area (Å²) in [6.45, 7) is 3.84. The molecule has 0 aliphatic rings. The van der Waals surface area contributed by atoms with E-state index >= 15 is 0 Å². The van der Waals surface area contributed by atoms with Crippen molar-refractivity contribution in [3.05, 3.63) is 28.2 Å². The molecule has 0 fully saturated rings. The number of benzene rings is 1. The summed E-state index contributed by atoms with van der Waals surface area (Å²) >= 11 is 11.6. The Labute approximate surface area is 122 Å². The highest BCUT2D eigenvalue weighted by Crippen LogP contribution is 2.24. The lowest BCUT2D eigenvalue weighted by molar-refractivity contribution is -0.127. The van der Waals surface area contributed by atoms with E-state index in [2.05, 4.69) is 10.6 Å². The van der Waals surface area contributed by atoms with E-state index in [1.165, 1.54) is 6.07 Å². The van der Waals surface area contributed by atoms with Gasteiger partial charge in [-0.15, -0.1) is 0 Å². The highest BCUT2D eigenvalue weighted by molar-refractivity contribution is 6.42. The summed E-state index contributed by atoms with van der Waals surface area (Å²) in [6.07, 6.45) is 0.602. The predicted molar refractivity (Wildman–Crippen MR) is 77.6 cm³/mol. The number of hydrogen-bond donors (Lipinski definition) is 2. The lowest BCUT2D eigenvalue weighted by atomic mass is 10.2. The van der Waals surface area contributed by atoms with Gasteiger partial charge in [-0.2, -0.15) is 0 Å². The molecule has 0 aromatic heterocycles. The van der Waals surface area contributed by atoms with Crippen LogP contribution in [0.2, 0.25) is 10.0 Å². The van der Waals surface area contributed by atoms with Crippen molar-refractivity contribution >= 4 is 40.7 Å². The summed E-state index contributed by atoms with van der Waals surface area (Å²) < 4.78 is 0. The average Bonchev–Trinajstić information content (AvgIpc) is 2.33. The number of hydrogen-bond acceptors (Lipinski definition) is 2. The minimum atomic E-state index is -0.390. The molecule has 1 aromatic carbocycles. The lowest BCUT2D eigenvalue weighted by Gasteiger charge is -2.11. The number of carbonyl (C=O) groups excluding carboxylic acids is 2. The molecular weight excluding hydrogens is 287 g/mol. The maximum absolute atomic E-state index is 11.6. The van der Waals surface area contributed by atoms with Crippen LogP contribution < -0.4 is 10.6 Å². The number of halogens is 2. The highest BCUT2D eigenvalue weighted by atomic mass is 35.5. The molecule has 4 nitrogen and oxygen atoms in total. The number of carbonyl (C=O) groups is 2. The Morgan fingerprint density at radius 2 is 1.89 bits per heavy atom. The summed E-state index contributed by atoms with van der Waals surface area (Å²) in [7, 11) is 0. The Bertz CT molecular complexity index is 478. The van der Waals surface area contributed by atoms with Gasteiger partial charge < -0.3 is 10.6 Å². The third kappa shape index (κ3) is 5.49. The van der Waals surface area contributed by atoms with Gasteiger partial charge in [-0.1, -0.05) is 30.1 Å². The SMILES string of the molecule is CCC(C)NC(=O)CC(=O)Nc1ccc(Cl)c(Cl)c1. The minimum Gasteiger partial charge on any atom is -0.353 e. The van der Waals surface area contributed by atoms with E-state index in [0.717, 1.165) is 6.42 Å². The third-order valence-corrected chi connectivity index (χ3v) is 3.28. The molecule has 6 heteroatoms. The van der Waals surface area contributed by atoms with Crippen molar-refractivity contribution in [2.75, 3.05) is 5.32 Å². The van der Waals surface area contributed by atoms with E-state index in [1.807, 2.05) is 13.8 Å². The molecule has 2 N–H and O–H groups in total. The zero-order valence-corrected chi connectivity index (χ0v) is 12.3. The van der Waals surface area contributed by atoms with Gasteiger partial charge in [0.05, 0.1) is 10.0 Å². The van der Waals surface area contributed by atoms with Crippen LogP contribution in [0, 0.1) is 0 Å². The average molecular weight is 303 g/mol. The molecule has 1 aromatic rings. The maximum Gasteiger partial charge on any atom is 0.233 e. The van der Waals surface area contributed by atoms with Gasteiger partial charge in [-0.25, -0.2) is 0 Å². The van der Waals surface area contributed by atoms with Crippen LogP contribution in [0.5, 0.6) is 0 Å². The van der Waals surface area contributed by atoms with Crippen LogP contribution in [0.15, 0.2) is 18.2 Å². The van der Waals surface area contributed by atoms with E-state index in [0.29, 0.717) is 15.7 Å². The number of amides is 2. The Kier molecular flexibility index (Phi) is 6.12. The van der Waals surface area contributed by atoms with Crippen LogP contribution in [0.3, 0.4) is 0 Å². The topological polar surface area (TPSA) is 58.2 Å². The first-order valence-electron chi connectivity index (χ1n) is 5.96. The summed E-state index contributed by atoms with van der Waals surface area (Å²) in [5.74, 6) is -0.689. The standard InChI is InChI=1S/C13H16Cl2N2O2/c1-3-8(2)16-12(18)7-13(19)17-9-4-5-10(14)11(15)6-9/h4-6,8H,3,7H2,1-2H3,(H,16,18)(H,17,19). The van der Waals surface area contributed by atoms with Gasteiger partial charge in [0.1, 0.15) is 6.42 Å². The number of rotatable bonds is 5. The molecule has 0 aliphatic carbocycles. The quantitative estimate of drug-likeness (QED) is 0.820. The van der Waals surface area contributed by atoms with Gasteiger partial charge in [-0.3, -0.25) is 9.59 Å². The molecule has 1 atom stereocenters. The smallest absolute Gasteiger partial charge is 0.233 e. The van der Waals surface area contributed by atoms with E-state index in [4.69, 9.17) is 23.2 Å². The van der Waals surface area contributed by atoms with Crippen molar-refractivity contribution in [3.8, 4) is 0 Å². The molecule has 0 saturated heterocycles. The molecule has 0 saturated carbocycles. The Morgan fingerprint density at radius 1 is 1.21 bits per heavy atom. The van der Waals surface area contributed by atoms with Crippen LogP contribution in [-0.4, -0.2) is 17.9 Å². The molecule has 19 heavy (non-hydrogen) atoms. The first-order chi connectivity index (χ1) is 8.92. The second kappa shape index (κ2) is 7.36. The highest BCUT2D eigenvalue weighted by Gasteiger charge is 2.11. The molecule has 2 amide bonds. The third-order valence-electron chi connectivity index (χ3n) is 2.54. The van der Waals surface area contributed by atoms with E-state index in [-0.39, 0.29) is 24.3 Å². The summed E-state index contributed by atoms with van der Waals surface area (Å²) in [5, 5.41) is 6.07. The van der Waals surface area contributed by atoms with Crippen molar-refractivity contribution in [2.24, 2.45) is 0 Å². The van der Waals surface area contributed by atoms with Crippen LogP contribution >= 0.6 is 23.2 Å². The molecule has 1 rings (SSSR count). The molecule has 0 radical (unpaired) electrons.